The summed E-state index contributed by atoms with van der Waals surface area (Å²) in [6.07, 6.45) is -2.58. The summed E-state index contributed by atoms with van der Waals surface area (Å²) in [5, 5.41) is 3.07. The summed E-state index contributed by atoms with van der Waals surface area (Å²) in [6, 6.07) is 3.33. The van der Waals surface area contributed by atoms with Crippen LogP contribution in [0.5, 0.6) is 11.5 Å². The number of hydrogen-bond acceptors (Lipinski definition) is 8. The number of nitrogens with zero attached hydrogens (tertiary/aromatic N) is 4. The first-order valence-corrected chi connectivity index (χ1v) is 10.9. The molecular weight excluding hydrogens is 465 g/mol. The first-order chi connectivity index (χ1) is 16.6. The largest absolute Gasteiger partial charge is 0.493 e. The van der Waals surface area contributed by atoms with Gasteiger partial charge in [0.05, 0.1) is 25.4 Å². The molecule has 12 heteroatoms. The molecule has 1 aromatic carbocycles. The highest BCUT2D eigenvalue weighted by molar-refractivity contribution is 6.04. The minimum absolute atomic E-state index is 0.129. The van der Waals surface area contributed by atoms with Crippen LogP contribution in [0.2, 0.25) is 0 Å². The molecule has 0 radical (unpaired) electrons. The standard InChI is InChI=1S/C23H31F3N6O3/c1-7-14(12-33-5)35-18-9-15(16(29-8-2)10-17(18)34-6)22(28-4)30-13(3)21-31-19(23(24,25)26)11-20(27)32-21/h8-11,13-14H,7,12H2,1-6H3,(H,28,30)(H2,27,31,32)/t13-,14?/m1/s1. The molecular formula is C23H31F3N6O3. The molecule has 1 unspecified atom stereocenters. The van der Waals surface area contributed by atoms with E-state index in [0.29, 0.717) is 47.7 Å². The van der Waals surface area contributed by atoms with Crippen LogP contribution in [-0.2, 0) is 10.9 Å². The van der Waals surface area contributed by atoms with Crippen molar-refractivity contribution < 1.29 is 27.4 Å². The predicted octanol–water partition coefficient (Wildman–Crippen LogP) is 4.34. The van der Waals surface area contributed by atoms with Crippen molar-refractivity contribution >= 4 is 23.6 Å². The van der Waals surface area contributed by atoms with Crippen molar-refractivity contribution in [3.8, 4) is 11.5 Å². The van der Waals surface area contributed by atoms with E-state index in [1.54, 1.807) is 46.4 Å². The van der Waals surface area contributed by atoms with Gasteiger partial charge in [0.1, 0.15) is 23.5 Å². The molecule has 3 N–H and O–H groups in total. The molecule has 0 spiro atoms. The number of ether oxygens (including phenoxy) is 3. The number of rotatable bonds is 10. The summed E-state index contributed by atoms with van der Waals surface area (Å²) < 4.78 is 56.4. The van der Waals surface area contributed by atoms with Gasteiger partial charge >= 0.3 is 6.18 Å². The fraction of sp³-hybridized carbons (Fsp3) is 0.478. The van der Waals surface area contributed by atoms with Gasteiger partial charge in [0.2, 0.25) is 0 Å². The lowest BCUT2D eigenvalue weighted by Crippen LogP contribution is -2.30. The smallest absolute Gasteiger partial charge is 0.433 e. The zero-order chi connectivity index (χ0) is 26.2. The molecule has 0 saturated carbocycles. The van der Waals surface area contributed by atoms with Gasteiger partial charge in [0.25, 0.3) is 0 Å². The molecule has 0 fully saturated rings. The van der Waals surface area contributed by atoms with E-state index in [4.69, 9.17) is 19.9 Å². The second-order valence-corrected chi connectivity index (χ2v) is 7.48. The Hall–Kier alpha value is -3.41. The number of aliphatic imine (C=N–C) groups is 2. The normalized spacial score (nSPS) is 14.1. The van der Waals surface area contributed by atoms with E-state index < -0.39 is 17.9 Å². The molecule has 9 nitrogen and oxygen atoms in total. The van der Waals surface area contributed by atoms with E-state index in [1.165, 1.54) is 7.11 Å². The van der Waals surface area contributed by atoms with Crippen molar-refractivity contribution in [2.45, 2.75) is 45.5 Å². The van der Waals surface area contributed by atoms with Crippen LogP contribution in [0.15, 0.2) is 28.2 Å². The number of nitrogens with one attached hydrogen (secondary N) is 1. The van der Waals surface area contributed by atoms with Gasteiger partial charge in [0, 0.05) is 38.1 Å². The maximum absolute atomic E-state index is 13.2. The number of alkyl halides is 3. The molecule has 2 rings (SSSR count). The molecule has 1 heterocycles. The van der Waals surface area contributed by atoms with Gasteiger partial charge in [-0.25, -0.2) is 9.97 Å². The third-order valence-electron chi connectivity index (χ3n) is 4.92. The topological polar surface area (TPSA) is 116 Å². The Balaban J connectivity index is 2.50. The lowest BCUT2D eigenvalue weighted by atomic mass is 10.1. The van der Waals surface area contributed by atoms with Gasteiger partial charge in [-0.3, -0.25) is 9.98 Å². The number of halogens is 3. The quantitative estimate of drug-likeness (QED) is 0.371. The van der Waals surface area contributed by atoms with Crippen LogP contribution in [0.25, 0.3) is 0 Å². The molecule has 35 heavy (non-hydrogen) atoms. The number of amidine groups is 1. The maximum atomic E-state index is 13.2. The number of aromatic nitrogens is 2. The van der Waals surface area contributed by atoms with E-state index in [0.717, 1.165) is 0 Å². The molecule has 0 aliphatic heterocycles. The van der Waals surface area contributed by atoms with Gasteiger partial charge in [0.15, 0.2) is 17.3 Å². The highest BCUT2D eigenvalue weighted by Crippen LogP contribution is 2.36. The molecule has 0 saturated heterocycles. The van der Waals surface area contributed by atoms with Crippen molar-refractivity contribution in [2.75, 3.05) is 33.6 Å². The maximum Gasteiger partial charge on any atom is 0.433 e. The SMILES string of the molecule is CC=Nc1cc(OC)c(OC(CC)COC)cc1C(=NC)N[C@H](C)c1nc(N)cc(C(F)(F)F)n1. The summed E-state index contributed by atoms with van der Waals surface area (Å²) in [4.78, 5) is 16.3. The number of benzene rings is 1. The second-order valence-electron chi connectivity index (χ2n) is 7.48. The van der Waals surface area contributed by atoms with E-state index in [9.17, 15) is 13.2 Å². The minimum Gasteiger partial charge on any atom is -0.493 e. The first kappa shape index (κ1) is 27.8. The number of nitrogen functional groups attached to an aromatic ring is 1. The lowest BCUT2D eigenvalue weighted by molar-refractivity contribution is -0.141. The predicted molar refractivity (Wildman–Crippen MR) is 129 cm³/mol. The summed E-state index contributed by atoms with van der Waals surface area (Å²) >= 11 is 0. The van der Waals surface area contributed by atoms with Gasteiger partial charge in [-0.05, 0) is 26.3 Å². The van der Waals surface area contributed by atoms with Crippen LogP contribution in [0.3, 0.4) is 0 Å². The number of hydrogen-bond donors (Lipinski definition) is 2. The van der Waals surface area contributed by atoms with Crippen LogP contribution in [0.4, 0.5) is 24.7 Å². The summed E-state index contributed by atoms with van der Waals surface area (Å²) in [5.41, 5.74) is 5.53. The van der Waals surface area contributed by atoms with Crippen molar-refractivity contribution in [3.63, 3.8) is 0 Å². The third kappa shape index (κ3) is 7.28. The zero-order valence-electron chi connectivity index (χ0n) is 20.6. The van der Waals surface area contributed by atoms with Crippen LogP contribution < -0.4 is 20.5 Å². The summed E-state index contributed by atoms with van der Waals surface area (Å²) in [6.45, 7) is 5.71. The molecule has 0 aliphatic rings. The van der Waals surface area contributed by atoms with Crippen LogP contribution >= 0.6 is 0 Å². The number of anilines is 1. The Bertz CT molecular complexity index is 1060. The minimum atomic E-state index is -4.66. The Morgan fingerprint density at radius 3 is 2.46 bits per heavy atom. The third-order valence-corrected chi connectivity index (χ3v) is 4.92. The summed E-state index contributed by atoms with van der Waals surface area (Å²) in [7, 11) is 4.65. The van der Waals surface area contributed by atoms with E-state index >= 15 is 0 Å². The molecule has 1 aromatic heterocycles. The summed E-state index contributed by atoms with van der Waals surface area (Å²) in [5.74, 6) is 0.823. The van der Waals surface area contributed by atoms with Gasteiger partial charge < -0.3 is 25.3 Å². The van der Waals surface area contributed by atoms with Crippen LogP contribution in [0.1, 0.15) is 50.3 Å². The fourth-order valence-corrected chi connectivity index (χ4v) is 3.19. The lowest BCUT2D eigenvalue weighted by Gasteiger charge is -2.22. The van der Waals surface area contributed by atoms with Gasteiger partial charge in [-0.1, -0.05) is 6.92 Å². The average Bonchev–Trinajstić information content (AvgIpc) is 2.81. The second kappa shape index (κ2) is 12.3. The molecule has 2 atom stereocenters. The Labute approximate surface area is 202 Å². The van der Waals surface area contributed by atoms with Gasteiger partial charge in [-0.15, -0.1) is 0 Å². The van der Waals surface area contributed by atoms with E-state index in [-0.39, 0.29) is 17.7 Å². The van der Waals surface area contributed by atoms with Crippen molar-refractivity contribution in [1.29, 1.82) is 0 Å². The van der Waals surface area contributed by atoms with Crippen molar-refractivity contribution in [3.05, 3.63) is 35.3 Å². The Kier molecular flexibility index (Phi) is 9.81. The average molecular weight is 497 g/mol. The molecule has 0 aliphatic carbocycles. The van der Waals surface area contributed by atoms with Crippen molar-refractivity contribution in [1.82, 2.24) is 15.3 Å². The Morgan fingerprint density at radius 2 is 1.91 bits per heavy atom. The van der Waals surface area contributed by atoms with Crippen LogP contribution in [-0.4, -0.2) is 56.0 Å². The number of methoxy groups -OCH3 is 2. The highest BCUT2D eigenvalue weighted by atomic mass is 19.4. The first-order valence-electron chi connectivity index (χ1n) is 10.9. The number of nitrogens with two attached hydrogens (primary N) is 1. The van der Waals surface area contributed by atoms with Crippen LogP contribution in [0, 0.1) is 0 Å². The zero-order valence-corrected chi connectivity index (χ0v) is 20.6. The molecule has 2 aromatic rings. The molecule has 0 bridgehead atoms. The van der Waals surface area contributed by atoms with E-state index in [2.05, 4.69) is 25.3 Å². The highest BCUT2D eigenvalue weighted by Gasteiger charge is 2.34. The monoisotopic (exact) mass is 496 g/mol. The fourth-order valence-electron chi connectivity index (χ4n) is 3.19. The molecule has 192 valence electrons. The molecule has 0 amide bonds. The van der Waals surface area contributed by atoms with Crippen molar-refractivity contribution in [2.24, 2.45) is 9.98 Å². The van der Waals surface area contributed by atoms with Gasteiger partial charge in [-0.2, -0.15) is 13.2 Å². The Morgan fingerprint density at radius 1 is 1.20 bits per heavy atom. The van der Waals surface area contributed by atoms with E-state index in [1.807, 2.05) is 6.92 Å².